The molecule has 0 aliphatic carbocycles. The number of amides is 1. The highest BCUT2D eigenvalue weighted by Gasteiger charge is 2.21. The van der Waals surface area contributed by atoms with E-state index in [2.05, 4.69) is 25.2 Å². The van der Waals surface area contributed by atoms with Crippen LogP contribution in [0.15, 0.2) is 36.4 Å². The molecule has 4 heteroatoms. The second-order valence-electron chi connectivity index (χ2n) is 6.61. The molecule has 1 N–H and O–H groups in total. The molecule has 1 atom stereocenters. The lowest BCUT2D eigenvalue weighted by Crippen LogP contribution is -2.33. The van der Waals surface area contributed by atoms with Crippen molar-refractivity contribution in [1.29, 1.82) is 0 Å². The van der Waals surface area contributed by atoms with Crippen LogP contribution in [-0.4, -0.2) is 12.0 Å². The third kappa shape index (κ3) is 4.76. The van der Waals surface area contributed by atoms with Gasteiger partial charge in [0.15, 0.2) is 6.10 Å². The number of carbonyl (C=O) groups excluding carboxylic acids is 1. The Hall–Kier alpha value is -2.00. The highest BCUT2D eigenvalue weighted by Crippen LogP contribution is 2.28. The zero-order chi connectivity index (χ0) is 18.6. The van der Waals surface area contributed by atoms with Gasteiger partial charge in [0.1, 0.15) is 5.75 Å². The standard InChI is InChI=1S/C21H26ClNO2/c1-6-19(25-16-10-11-18(22)15(5)12-16)21(24)23-20-14(4)8-7-9-17(20)13(2)3/h7-13,19H,6H2,1-5H3,(H,23,24)/t19-/m1/s1. The molecule has 0 heterocycles. The molecule has 25 heavy (non-hydrogen) atoms. The number of halogens is 1. The number of ether oxygens (including phenoxy) is 1. The highest BCUT2D eigenvalue weighted by molar-refractivity contribution is 6.31. The maximum Gasteiger partial charge on any atom is 0.265 e. The Balaban J connectivity index is 2.19. The summed E-state index contributed by atoms with van der Waals surface area (Å²) in [6.45, 7) is 10.1. The summed E-state index contributed by atoms with van der Waals surface area (Å²) in [7, 11) is 0. The normalized spacial score (nSPS) is 12.1. The first-order valence-corrected chi connectivity index (χ1v) is 9.04. The van der Waals surface area contributed by atoms with Crippen molar-refractivity contribution >= 4 is 23.2 Å². The summed E-state index contributed by atoms with van der Waals surface area (Å²) in [4.78, 5) is 12.8. The molecule has 0 aliphatic heterocycles. The van der Waals surface area contributed by atoms with Crippen molar-refractivity contribution in [2.45, 2.75) is 53.1 Å². The molecule has 0 spiro atoms. The molecule has 2 aromatic carbocycles. The van der Waals surface area contributed by atoms with Crippen LogP contribution >= 0.6 is 11.6 Å². The Morgan fingerprint density at radius 1 is 1.16 bits per heavy atom. The minimum atomic E-state index is -0.555. The van der Waals surface area contributed by atoms with E-state index in [-0.39, 0.29) is 5.91 Å². The quantitative estimate of drug-likeness (QED) is 0.699. The maximum atomic E-state index is 12.8. The first-order valence-electron chi connectivity index (χ1n) is 8.66. The van der Waals surface area contributed by atoms with Crippen LogP contribution in [0.2, 0.25) is 5.02 Å². The van der Waals surface area contributed by atoms with Gasteiger partial charge in [0, 0.05) is 10.7 Å². The van der Waals surface area contributed by atoms with Gasteiger partial charge in [-0.05, 0) is 61.1 Å². The molecule has 0 bridgehead atoms. The molecular weight excluding hydrogens is 334 g/mol. The first-order chi connectivity index (χ1) is 11.8. The lowest BCUT2D eigenvalue weighted by atomic mass is 9.98. The van der Waals surface area contributed by atoms with Crippen molar-refractivity contribution in [3.05, 3.63) is 58.1 Å². The fourth-order valence-corrected chi connectivity index (χ4v) is 2.84. The smallest absolute Gasteiger partial charge is 0.265 e. The third-order valence-electron chi connectivity index (χ3n) is 4.25. The number of rotatable bonds is 6. The predicted octanol–water partition coefficient (Wildman–Crippen LogP) is 5.88. The van der Waals surface area contributed by atoms with Crippen LogP contribution in [0.1, 0.15) is 49.8 Å². The van der Waals surface area contributed by atoms with Crippen LogP contribution < -0.4 is 10.1 Å². The number of nitrogens with one attached hydrogen (secondary N) is 1. The number of aryl methyl sites for hydroxylation is 2. The number of para-hydroxylation sites is 1. The Morgan fingerprint density at radius 2 is 1.88 bits per heavy atom. The van der Waals surface area contributed by atoms with Gasteiger partial charge < -0.3 is 10.1 Å². The third-order valence-corrected chi connectivity index (χ3v) is 4.67. The summed E-state index contributed by atoms with van der Waals surface area (Å²) in [6, 6.07) is 11.5. The van der Waals surface area contributed by atoms with Gasteiger partial charge in [-0.2, -0.15) is 0 Å². The lowest BCUT2D eigenvalue weighted by Gasteiger charge is -2.21. The number of carbonyl (C=O) groups is 1. The maximum absolute atomic E-state index is 12.8. The molecular formula is C21H26ClNO2. The molecule has 0 saturated heterocycles. The van der Waals surface area contributed by atoms with Gasteiger partial charge >= 0.3 is 0 Å². The van der Waals surface area contributed by atoms with Gasteiger partial charge in [0.2, 0.25) is 0 Å². The lowest BCUT2D eigenvalue weighted by molar-refractivity contribution is -0.122. The monoisotopic (exact) mass is 359 g/mol. The van der Waals surface area contributed by atoms with Crippen molar-refractivity contribution in [3.8, 4) is 5.75 Å². The second kappa shape index (κ2) is 8.39. The summed E-state index contributed by atoms with van der Waals surface area (Å²) in [5.41, 5.74) is 3.99. The number of hydrogen-bond donors (Lipinski definition) is 1. The highest BCUT2D eigenvalue weighted by atomic mass is 35.5. The average molecular weight is 360 g/mol. The van der Waals surface area contributed by atoms with E-state index in [1.54, 1.807) is 12.1 Å². The molecule has 1 amide bonds. The average Bonchev–Trinajstić information content (AvgIpc) is 2.57. The number of anilines is 1. The minimum Gasteiger partial charge on any atom is -0.481 e. The Bertz CT molecular complexity index is 756. The summed E-state index contributed by atoms with van der Waals surface area (Å²) in [6.07, 6.45) is 0.0244. The largest absolute Gasteiger partial charge is 0.481 e. The molecule has 0 saturated carbocycles. The van der Waals surface area contributed by atoms with E-state index in [0.29, 0.717) is 23.1 Å². The van der Waals surface area contributed by atoms with Crippen molar-refractivity contribution < 1.29 is 9.53 Å². The molecule has 0 radical (unpaired) electrons. The number of benzene rings is 2. The van der Waals surface area contributed by atoms with Gasteiger partial charge in [-0.3, -0.25) is 4.79 Å². The summed E-state index contributed by atoms with van der Waals surface area (Å²) in [5, 5.41) is 3.75. The Morgan fingerprint density at radius 3 is 2.48 bits per heavy atom. The second-order valence-corrected chi connectivity index (χ2v) is 7.02. The number of hydrogen-bond acceptors (Lipinski definition) is 2. The van der Waals surface area contributed by atoms with Gasteiger partial charge in [0.05, 0.1) is 0 Å². The molecule has 0 aliphatic rings. The van der Waals surface area contributed by atoms with Crippen LogP contribution in [0.3, 0.4) is 0 Å². The summed E-state index contributed by atoms with van der Waals surface area (Å²) < 4.78 is 5.90. The van der Waals surface area contributed by atoms with Gasteiger partial charge in [0.25, 0.3) is 5.91 Å². The zero-order valence-electron chi connectivity index (χ0n) is 15.5. The van der Waals surface area contributed by atoms with E-state index < -0.39 is 6.10 Å². The fourth-order valence-electron chi connectivity index (χ4n) is 2.72. The summed E-state index contributed by atoms with van der Waals surface area (Å²) in [5.74, 6) is 0.846. The van der Waals surface area contributed by atoms with Crippen LogP contribution in [0.5, 0.6) is 5.75 Å². The molecule has 2 aromatic rings. The predicted molar refractivity (Wildman–Crippen MR) is 105 cm³/mol. The first kappa shape index (κ1) is 19.3. The SMILES string of the molecule is CC[C@@H](Oc1ccc(Cl)c(C)c1)C(=O)Nc1c(C)cccc1C(C)C. The van der Waals surface area contributed by atoms with E-state index >= 15 is 0 Å². The van der Waals surface area contributed by atoms with E-state index in [9.17, 15) is 4.79 Å². The van der Waals surface area contributed by atoms with E-state index in [1.807, 2.05) is 39.0 Å². The molecule has 3 nitrogen and oxygen atoms in total. The van der Waals surface area contributed by atoms with Crippen LogP contribution in [-0.2, 0) is 4.79 Å². The van der Waals surface area contributed by atoms with E-state index in [1.165, 1.54) is 0 Å². The van der Waals surface area contributed by atoms with Crippen LogP contribution in [0, 0.1) is 13.8 Å². The van der Waals surface area contributed by atoms with Crippen molar-refractivity contribution in [3.63, 3.8) is 0 Å². The van der Waals surface area contributed by atoms with Crippen molar-refractivity contribution in [2.75, 3.05) is 5.32 Å². The van der Waals surface area contributed by atoms with E-state index in [4.69, 9.17) is 16.3 Å². The van der Waals surface area contributed by atoms with Crippen LogP contribution in [0.4, 0.5) is 5.69 Å². The van der Waals surface area contributed by atoms with Crippen molar-refractivity contribution in [2.24, 2.45) is 0 Å². The Kier molecular flexibility index (Phi) is 6.49. The molecule has 0 unspecified atom stereocenters. The van der Waals surface area contributed by atoms with Crippen LogP contribution in [0.25, 0.3) is 0 Å². The van der Waals surface area contributed by atoms with Gasteiger partial charge in [-0.25, -0.2) is 0 Å². The topological polar surface area (TPSA) is 38.3 Å². The van der Waals surface area contributed by atoms with Crippen molar-refractivity contribution in [1.82, 2.24) is 0 Å². The minimum absolute atomic E-state index is 0.133. The molecule has 0 aromatic heterocycles. The van der Waals surface area contributed by atoms with Gasteiger partial charge in [-0.1, -0.05) is 50.6 Å². The Labute approximate surface area is 155 Å². The molecule has 2 rings (SSSR count). The fraction of sp³-hybridized carbons (Fsp3) is 0.381. The molecule has 134 valence electrons. The molecule has 0 fully saturated rings. The zero-order valence-corrected chi connectivity index (χ0v) is 16.3. The summed E-state index contributed by atoms with van der Waals surface area (Å²) >= 11 is 6.05. The van der Waals surface area contributed by atoms with Gasteiger partial charge in [-0.15, -0.1) is 0 Å². The van der Waals surface area contributed by atoms with E-state index in [0.717, 1.165) is 22.4 Å².